The molecular formula is C18H17ClOS. The fraction of sp³-hybridized carbons (Fsp3) is 0.222. The van der Waals surface area contributed by atoms with Crippen LogP contribution in [0.1, 0.15) is 22.9 Å². The van der Waals surface area contributed by atoms with Crippen LogP contribution in [-0.2, 0) is 6.42 Å². The summed E-state index contributed by atoms with van der Waals surface area (Å²) in [6.07, 6.45) is 0.879. The van der Waals surface area contributed by atoms with Gasteiger partial charge in [-0.25, -0.2) is 0 Å². The van der Waals surface area contributed by atoms with E-state index < -0.39 is 0 Å². The van der Waals surface area contributed by atoms with E-state index in [4.69, 9.17) is 16.3 Å². The van der Waals surface area contributed by atoms with Crippen molar-refractivity contribution in [3.05, 3.63) is 63.5 Å². The first-order valence-corrected chi connectivity index (χ1v) is 8.25. The van der Waals surface area contributed by atoms with Crippen molar-refractivity contribution in [2.75, 3.05) is 6.61 Å². The SMILES string of the molecule is CCOc1ccc2sc(Cc3cc(C)ccc3Cl)cc2c1. The number of hydrogen-bond donors (Lipinski definition) is 0. The Hall–Kier alpha value is -1.51. The zero-order valence-electron chi connectivity index (χ0n) is 12.2. The molecule has 0 atom stereocenters. The maximum absolute atomic E-state index is 6.30. The van der Waals surface area contributed by atoms with E-state index >= 15 is 0 Å². The van der Waals surface area contributed by atoms with Gasteiger partial charge in [-0.3, -0.25) is 0 Å². The van der Waals surface area contributed by atoms with Crippen molar-refractivity contribution < 1.29 is 4.74 Å². The molecular weight excluding hydrogens is 300 g/mol. The van der Waals surface area contributed by atoms with Crippen LogP contribution in [0.5, 0.6) is 5.75 Å². The van der Waals surface area contributed by atoms with Crippen molar-refractivity contribution in [3.63, 3.8) is 0 Å². The van der Waals surface area contributed by atoms with Gasteiger partial charge in [0, 0.05) is 21.0 Å². The van der Waals surface area contributed by atoms with Crippen molar-refractivity contribution >= 4 is 33.0 Å². The van der Waals surface area contributed by atoms with Gasteiger partial charge in [0.25, 0.3) is 0 Å². The molecule has 0 aliphatic rings. The molecule has 1 nitrogen and oxygen atoms in total. The van der Waals surface area contributed by atoms with E-state index in [1.54, 1.807) is 0 Å². The minimum atomic E-state index is 0.696. The van der Waals surface area contributed by atoms with Gasteiger partial charge in [-0.15, -0.1) is 11.3 Å². The van der Waals surface area contributed by atoms with Gasteiger partial charge >= 0.3 is 0 Å². The Kier molecular flexibility index (Phi) is 4.18. The Morgan fingerprint density at radius 1 is 1.10 bits per heavy atom. The molecule has 0 fully saturated rings. The number of ether oxygens (including phenoxy) is 1. The van der Waals surface area contributed by atoms with Gasteiger partial charge in [-0.2, -0.15) is 0 Å². The maximum Gasteiger partial charge on any atom is 0.119 e. The van der Waals surface area contributed by atoms with Gasteiger partial charge in [0.2, 0.25) is 0 Å². The van der Waals surface area contributed by atoms with E-state index in [1.807, 2.05) is 36.5 Å². The minimum absolute atomic E-state index is 0.696. The normalized spacial score (nSPS) is 11.0. The molecule has 0 aliphatic carbocycles. The second kappa shape index (κ2) is 6.08. The van der Waals surface area contributed by atoms with Crippen LogP contribution in [0.2, 0.25) is 5.02 Å². The first-order valence-electron chi connectivity index (χ1n) is 7.06. The third-order valence-corrected chi connectivity index (χ3v) is 4.90. The molecule has 0 saturated heterocycles. The second-order valence-corrected chi connectivity index (χ2v) is 6.69. The van der Waals surface area contributed by atoms with Crippen LogP contribution in [-0.4, -0.2) is 6.61 Å². The van der Waals surface area contributed by atoms with Gasteiger partial charge in [0.1, 0.15) is 5.75 Å². The van der Waals surface area contributed by atoms with E-state index in [2.05, 4.69) is 31.2 Å². The van der Waals surface area contributed by atoms with E-state index in [0.717, 1.165) is 17.2 Å². The molecule has 21 heavy (non-hydrogen) atoms. The first kappa shape index (κ1) is 14.4. The smallest absolute Gasteiger partial charge is 0.119 e. The molecule has 108 valence electrons. The Labute approximate surface area is 134 Å². The van der Waals surface area contributed by atoms with Crippen molar-refractivity contribution in [2.24, 2.45) is 0 Å². The van der Waals surface area contributed by atoms with Gasteiger partial charge < -0.3 is 4.74 Å². The fourth-order valence-corrected chi connectivity index (χ4v) is 3.70. The number of hydrogen-bond acceptors (Lipinski definition) is 2. The Morgan fingerprint density at radius 3 is 2.76 bits per heavy atom. The highest BCUT2D eigenvalue weighted by molar-refractivity contribution is 7.19. The molecule has 3 heteroatoms. The van der Waals surface area contributed by atoms with Crippen LogP contribution in [0.15, 0.2) is 42.5 Å². The molecule has 0 unspecified atom stereocenters. The molecule has 2 aromatic carbocycles. The third kappa shape index (κ3) is 3.22. The van der Waals surface area contributed by atoms with Crippen LogP contribution < -0.4 is 4.74 Å². The molecule has 0 amide bonds. The summed E-state index contributed by atoms with van der Waals surface area (Å²) in [7, 11) is 0. The molecule has 0 N–H and O–H groups in total. The molecule has 0 bridgehead atoms. The summed E-state index contributed by atoms with van der Waals surface area (Å²) in [5.41, 5.74) is 2.43. The minimum Gasteiger partial charge on any atom is -0.494 e. The van der Waals surface area contributed by atoms with Gasteiger partial charge in [-0.1, -0.05) is 29.3 Å². The average Bonchev–Trinajstić information content (AvgIpc) is 2.85. The van der Waals surface area contributed by atoms with Crippen LogP contribution in [0.4, 0.5) is 0 Å². The number of halogens is 1. The van der Waals surface area contributed by atoms with Gasteiger partial charge in [-0.05, 0) is 55.1 Å². The van der Waals surface area contributed by atoms with E-state index in [-0.39, 0.29) is 0 Å². The molecule has 3 rings (SSSR count). The highest BCUT2D eigenvalue weighted by Crippen LogP contribution is 2.31. The largest absolute Gasteiger partial charge is 0.494 e. The van der Waals surface area contributed by atoms with Crippen LogP contribution >= 0.6 is 22.9 Å². The Bertz CT molecular complexity index is 776. The standard InChI is InChI=1S/C18H17ClOS/c1-3-20-15-5-7-18-14(9-15)11-16(21-18)10-13-8-12(2)4-6-17(13)19/h4-9,11H,3,10H2,1-2H3. The zero-order valence-corrected chi connectivity index (χ0v) is 13.7. The molecule has 0 spiro atoms. The third-order valence-electron chi connectivity index (χ3n) is 3.42. The van der Waals surface area contributed by atoms with Crippen LogP contribution in [0.3, 0.4) is 0 Å². The topological polar surface area (TPSA) is 9.23 Å². The number of benzene rings is 2. The van der Waals surface area contributed by atoms with E-state index in [1.165, 1.54) is 26.1 Å². The number of thiophene rings is 1. The summed E-state index contributed by atoms with van der Waals surface area (Å²) in [6.45, 7) is 4.80. The summed E-state index contributed by atoms with van der Waals surface area (Å²) in [4.78, 5) is 1.33. The lowest BCUT2D eigenvalue weighted by molar-refractivity contribution is 0.341. The van der Waals surface area contributed by atoms with E-state index in [9.17, 15) is 0 Å². The van der Waals surface area contributed by atoms with Crippen molar-refractivity contribution in [1.82, 2.24) is 0 Å². The van der Waals surface area contributed by atoms with Crippen molar-refractivity contribution in [2.45, 2.75) is 20.3 Å². The highest BCUT2D eigenvalue weighted by Gasteiger charge is 2.07. The van der Waals surface area contributed by atoms with Crippen molar-refractivity contribution in [1.29, 1.82) is 0 Å². The predicted octanol–water partition coefficient (Wildman–Crippen LogP) is 5.85. The molecule has 0 aliphatic heterocycles. The van der Waals surface area contributed by atoms with Crippen molar-refractivity contribution in [3.8, 4) is 5.75 Å². The molecule has 1 aromatic heterocycles. The molecule has 0 saturated carbocycles. The van der Waals surface area contributed by atoms with Crippen LogP contribution in [0.25, 0.3) is 10.1 Å². The summed E-state index contributed by atoms with van der Waals surface area (Å²) in [5.74, 6) is 0.933. The average molecular weight is 317 g/mol. The summed E-state index contributed by atoms with van der Waals surface area (Å²) in [5, 5.41) is 2.08. The lowest BCUT2D eigenvalue weighted by Gasteiger charge is -2.03. The molecule has 1 heterocycles. The Balaban J connectivity index is 1.92. The van der Waals surface area contributed by atoms with Gasteiger partial charge in [0.05, 0.1) is 6.61 Å². The summed E-state index contributed by atoms with van der Waals surface area (Å²) < 4.78 is 6.85. The number of aryl methyl sites for hydroxylation is 1. The fourth-order valence-electron chi connectivity index (χ4n) is 2.45. The highest BCUT2D eigenvalue weighted by atomic mass is 35.5. The van der Waals surface area contributed by atoms with E-state index in [0.29, 0.717) is 6.61 Å². The molecule has 0 radical (unpaired) electrons. The zero-order chi connectivity index (χ0) is 14.8. The predicted molar refractivity (Wildman–Crippen MR) is 92.0 cm³/mol. The lowest BCUT2D eigenvalue weighted by atomic mass is 10.1. The first-order chi connectivity index (χ1) is 10.2. The Morgan fingerprint density at radius 2 is 1.95 bits per heavy atom. The monoisotopic (exact) mass is 316 g/mol. The second-order valence-electron chi connectivity index (χ2n) is 5.12. The molecule has 3 aromatic rings. The number of fused-ring (bicyclic) bond motifs is 1. The quantitative estimate of drug-likeness (QED) is 0.586. The van der Waals surface area contributed by atoms with Gasteiger partial charge in [0.15, 0.2) is 0 Å². The summed E-state index contributed by atoms with van der Waals surface area (Å²) >= 11 is 8.12. The van der Waals surface area contributed by atoms with Crippen LogP contribution in [0, 0.1) is 6.92 Å². The summed E-state index contributed by atoms with van der Waals surface area (Å²) in [6, 6.07) is 14.7. The number of rotatable bonds is 4. The maximum atomic E-state index is 6.30. The lowest BCUT2D eigenvalue weighted by Crippen LogP contribution is -1.89.